The van der Waals surface area contributed by atoms with Gasteiger partial charge in [0.25, 0.3) is 10.0 Å². The molecule has 9 nitrogen and oxygen atoms in total. The first-order chi connectivity index (χ1) is 23.0. The lowest BCUT2D eigenvalue weighted by Crippen LogP contribution is -2.53. The van der Waals surface area contributed by atoms with Gasteiger partial charge in [-0.15, -0.1) is 0 Å². The number of benzene rings is 4. The van der Waals surface area contributed by atoms with Crippen molar-refractivity contribution in [1.82, 2.24) is 10.2 Å². The average Bonchev–Trinajstić information content (AvgIpc) is 3.07. The first kappa shape index (κ1) is 36.0. The molecule has 0 radical (unpaired) electrons. The summed E-state index contributed by atoms with van der Waals surface area (Å²) in [6.45, 7) is 7.69. The molecular weight excluding hydrogens is 627 g/mol. The van der Waals surface area contributed by atoms with E-state index in [9.17, 15) is 18.0 Å². The van der Waals surface area contributed by atoms with Gasteiger partial charge < -0.3 is 19.7 Å². The average molecular weight is 672 g/mol. The Morgan fingerprint density at radius 1 is 0.771 bits per heavy atom. The summed E-state index contributed by atoms with van der Waals surface area (Å²) in [4.78, 5) is 29.9. The quantitative estimate of drug-likeness (QED) is 0.167. The number of carbonyl (C=O) groups is 2. The van der Waals surface area contributed by atoms with Crippen LogP contribution in [-0.2, 0) is 32.6 Å². The zero-order valence-electron chi connectivity index (χ0n) is 28.5. The number of rotatable bonds is 15. The second-order valence-electron chi connectivity index (χ2n) is 11.9. The SMILES string of the molecule is CCCNC(=O)[C@H](Cc1ccccc1)N(Cc1ccc(C)cc1)C(=O)CN(c1cc(C)cc(C)c1)S(=O)(=O)c1ccc(OC)c(OC)c1. The zero-order valence-corrected chi connectivity index (χ0v) is 29.3. The van der Waals surface area contributed by atoms with Crippen LogP contribution in [0.5, 0.6) is 11.5 Å². The highest BCUT2D eigenvalue weighted by Gasteiger charge is 2.35. The number of aryl methyl sites for hydroxylation is 3. The molecule has 0 spiro atoms. The van der Waals surface area contributed by atoms with E-state index < -0.39 is 28.5 Å². The molecule has 0 aliphatic heterocycles. The molecule has 1 N–H and O–H groups in total. The van der Waals surface area contributed by atoms with Crippen LogP contribution in [0.1, 0.15) is 41.2 Å². The minimum atomic E-state index is -4.32. The van der Waals surface area contributed by atoms with E-state index in [0.29, 0.717) is 18.0 Å². The van der Waals surface area contributed by atoms with Crippen LogP contribution in [0.3, 0.4) is 0 Å². The highest BCUT2D eigenvalue weighted by Crippen LogP contribution is 2.33. The lowest BCUT2D eigenvalue weighted by molar-refractivity contribution is -0.140. The van der Waals surface area contributed by atoms with E-state index in [2.05, 4.69) is 5.32 Å². The number of carbonyl (C=O) groups excluding carboxylic acids is 2. The van der Waals surface area contributed by atoms with Crippen LogP contribution in [0.4, 0.5) is 5.69 Å². The minimum absolute atomic E-state index is 0.0706. The molecule has 0 aromatic heterocycles. The molecule has 4 rings (SSSR count). The van der Waals surface area contributed by atoms with Gasteiger partial charge >= 0.3 is 0 Å². The summed E-state index contributed by atoms with van der Waals surface area (Å²) >= 11 is 0. The van der Waals surface area contributed by atoms with Crippen molar-refractivity contribution in [1.29, 1.82) is 0 Å². The zero-order chi connectivity index (χ0) is 34.8. The molecule has 0 aliphatic carbocycles. The number of ether oxygens (including phenoxy) is 2. The summed E-state index contributed by atoms with van der Waals surface area (Å²) in [5.41, 5.74) is 4.75. The van der Waals surface area contributed by atoms with Crippen LogP contribution in [0, 0.1) is 20.8 Å². The summed E-state index contributed by atoms with van der Waals surface area (Å²) in [5, 5.41) is 2.97. The standard InChI is InChI=1S/C38H45N3O6S/c1-7-19-39-38(43)34(23-30-11-9-8-10-12-30)40(25-31-15-13-27(2)14-16-31)37(42)26-41(32-21-28(3)20-29(4)22-32)48(44,45)33-17-18-35(46-5)36(24-33)47-6/h8-18,20-22,24,34H,7,19,23,25-26H2,1-6H3,(H,39,43)/t34-/m0/s1. The Morgan fingerprint density at radius 2 is 1.42 bits per heavy atom. The van der Waals surface area contributed by atoms with Gasteiger partial charge in [0.15, 0.2) is 11.5 Å². The maximum absolute atomic E-state index is 14.7. The highest BCUT2D eigenvalue weighted by molar-refractivity contribution is 7.92. The normalized spacial score (nSPS) is 11.8. The number of hydrogen-bond acceptors (Lipinski definition) is 6. The van der Waals surface area contributed by atoms with Gasteiger partial charge in [0, 0.05) is 25.6 Å². The van der Waals surface area contributed by atoms with Crippen LogP contribution in [-0.4, -0.2) is 58.5 Å². The molecule has 2 amide bonds. The Labute approximate surface area is 284 Å². The smallest absolute Gasteiger partial charge is 0.264 e. The molecule has 0 bridgehead atoms. The molecule has 48 heavy (non-hydrogen) atoms. The number of sulfonamides is 1. The van der Waals surface area contributed by atoms with E-state index in [0.717, 1.165) is 38.5 Å². The summed E-state index contributed by atoms with van der Waals surface area (Å²) in [5.74, 6) is -0.216. The van der Waals surface area contributed by atoms with E-state index >= 15 is 0 Å². The fourth-order valence-electron chi connectivity index (χ4n) is 5.54. The van der Waals surface area contributed by atoms with Crippen molar-refractivity contribution >= 4 is 27.5 Å². The number of anilines is 1. The van der Waals surface area contributed by atoms with Gasteiger partial charge in [-0.3, -0.25) is 13.9 Å². The van der Waals surface area contributed by atoms with Gasteiger partial charge in [0.1, 0.15) is 12.6 Å². The van der Waals surface area contributed by atoms with E-state index in [1.165, 1.54) is 37.3 Å². The van der Waals surface area contributed by atoms with Crippen LogP contribution in [0.2, 0.25) is 0 Å². The van der Waals surface area contributed by atoms with Crippen molar-refractivity contribution < 1.29 is 27.5 Å². The van der Waals surface area contributed by atoms with E-state index in [4.69, 9.17) is 9.47 Å². The van der Waals surface area contributed by atoms with Gasteiger partial charge in [0.05, 0.1) is 24.8 Å². The Bertz CT molecular complexity index is 1790. The second-order valence-corrected chi connectivity index (χ2v) is 13.7. The lowest BCUT2D eigenvalue weighted by Gasteiger charge is -2.34. The van der Waals surface area contributed by atoms with E-state index in [1.54, 1.807) is 12.1 Å². The molecule has 10 heteroatoms. The lowest BCUT2D eigenvalue weighted by atomic mass is 10.0. The van der Waals surface area contributed by atoms with Crippen LogP contribution in [0.25, 0.3) is 0 Å². The van der Waals surface area contributed by atoms with Gasteiger partial charge in [-0.1, -0.05) is 73.2 Å². The molecule has 0 saturated carbocycles. The molecule has 254 valence electrons. The number of methoxy groups -OCH3 is 2. The number of amides is 2. The predicted octanol–water partition coefficient (Wildman–Crippen LogP) is 5.99. The van der Waals surface area contributed by atoms with E-state index in [1.807, 2.05) is 88.4 Å². The van der Waals surface area contributed by atoms with Gasteiger partial charge in [-0.2, -0.15) is 0 Å². The third kappa shape index (κ3) is 8.95. The fourth-order valence-corrected chi connectivity index (χ4v) is 6.95. The summed E-state index contributed by atoms with van der Waals surface area (Å²) < 4.78 is 40.8. The van der Waals surface area contributed by atoms with Crippen molar-refractivity contribution in [3.63, 3.8) is 0 Å². The Morgan fingerprint density at radius 3 is 2.02 bits per heavy atom. The maximum Gasteiger partial charge on any atom is 0.264 e. The molecule has 0 fully saturated rings. The van der Waals surface area contributed by atoms with Gasteiger partial charge in [0.2, 0.25) is 11.8 Å². The third-order valence-electron chi connectivity index (χ3n) is 8.01. The molecule has 0 unspecified atom stereocenters. The maximum atomic E-state index is 14.7. The third-order valence-corrected chi connectivity index (χ3v) is 9.78. The Balaban J connectivity index is 1.84. The molecular formula is C38H45N3O6S. The fraction of sp³-hybridized carbons (Fsp3) is 0.316. The number of nitrogens with zero attached hydrogens (tertiary/aromatic N) is 2. The molecule has 4 aromatic rings. The summed E-state index contributed by atoms with van der Waals surface area (Å²) in [6, 6.07) is 26.1. The summed E-state index contributed by atoms with van der Waals surface area (Å²) in [7, 11) is -1.42. The van der Waals surface area contributed by atoms with Crippen molar-refractivity contribution in [2.24, 2.45) is 0 Å². The monoisotopic (exact) mass is 671 g/mol. The molecule has 0 aliphatic rings. The van der Waals surface area contributed by atoms with Crippen molar-refractivity contribution in [3.05, 3.63) is 119 Å². The van der Waals surface area contributed by atoms with Crippen molar-refractivity contribution in [2.75, 3.05) is 31.6 Å². The first-order valence-electron chi connectivity index (χ1n) is 16.0. The minimum Gasteiger partial charge on any atom is -0.493 e. The Hall–Kier alpha value is -4.83. The van der Waals surface area contributed by atoms with Gasteiger partial charge in [-0.25, -0.2) is 8.42 Å². The summed E-state index contributed by atoms with van der Waals surface area (Å²) in [6.07, 6.45) is 0.972. The predicted molar refractivity (Wildman–Crippen MR) is 189 cm³/mol. The van der Waals surface area contributed by atoms with Crippen molar-refractivity contribution in [2.45, 2.75) is 58.0 Å². The van der Waals surface area contributed by atoms with Gasteiger partial charge in [-0.05, 0) is 73.7 Å². The number of nitrogens with one attached hydrogen (secondary N) is 1. The second kappa shape index (κ2) is 16.3. The molecule has 0 heterocycles. The number of hydrogen-bond donors (Lipinski definition) is 1. The largest absolute Gasteiger partial charge is 0.493 e. The molecule has 1 atom stereocenters. The highest BCUT2D eigenvalue weighted by atomic mass is 32.2. The molecule has 4 aromatic carbocycles. The first-order valence-corrected chi connectivity index (χ1v) is 17.4. The van der Waals surface area contributed by atoms with Crippen LogP contribution >= 0.6 is 0 Å². The van der Waals surface area contributed by atoms with Crippen LogP contribution < -0.4 is 19.1 Å². The topological polar surface area (TPSA) is 105 Å². The van der Waals surface area contributed by atoms with E-state index in [-0.39, 0.29) is 29.5 Å². The van der Waals surface area contributed by atoms with Crippen molar-refractivity contribution in [3.8, 4) is 11.5 Å². The molecule has 0 saturated heterocycles. The van der Waals surface area contributed by atoms with Crippen LogP contribution in [0.15, 0.2) is 95.9 Å². The Kier molecular flexibility index (Phi) is 12.2.